The molecule has 0 atom stereocenters. The van der Waals surface area contributed by atoms with Crippen molar-refractivity contribution in [2.75, 3.05) is 16.9 Å². The molecule has 1 aliphatic carbocycles. The van der Waals surface area contributed by atoms with Crippen molar-refractivity contribution in [1.82, 2.24) is 9.84 Å². The van der Waals surface area contributed by atoms with E-state index in [-0.39, 0.29) is 0 Å². The number of hydrazine groups is 1. The average Bonchev–Trinajstić information content (AvgIpc) is 2.83. The highest BCUT2D eigenvalue weighted by atomic mass is 32.2. The van der Waals surface area contributed by atoms with E-state index in [4.69, 9.17) is 5.73 Å². The van der Waals surface area contributed by atoms with E-state index >= 15 is 0 Å². The molecule has 2 aromatic carbocycles. The molecule has 2 amide bonds. The summed E-state index contributed by atoms with van der Waals surface area (Å²) in [6.07, 6.45) is 6.05. The second-order valence-corrected chi connectivity index (χ2v) is 9.74. The lowest BCUT2D eigenvalue weighted by molar-refractivity contribution is 0.226. The van der Waals surface area contributed by atoms with Crippen molar-refractivity contribution in [3.8, 4) is 0 Å². The number of nitrogens with one attached hydrogen (secondary N) is 1. The van der Waals surface area contributed by atoms with E-state index in [1.807, 2.05) is 25.1 Å². The van der Waals surface area contributed by atoms with Gasteiger partial charge in [0, 0.05) is 11.3 Å². The van der Waals surface area contributed by atoms with Crippen LogP contribution in [0.15, 0.2) is 48.0 Å². The molecule has 7 nitrogen and oxygen atoms in total. The first-order valence-electron chi connectivity index (χ1n) is 10.1. The maximum absolute atomic E-state index is 13.5. The summed E-state index contributed by atoms with van der Waals surface area (Å²) in [5.41, 5.74) is 14.2. The van der Waals surface area contributed by atoms with Gasteiger partial charge < -0.3 is 5.73 Å². The quantitative estimate of drug-likeness (QED) is 0.699. The fraction of sp³-hybridized carbons (Fsp3) is 0.318. The lowest BCUT2D eigenvalue weighted by Gasteiger charge is -2.27. The molecule has 2 aromatic rings. The number of anilines is 3. The predicted octanol–water partition coefficient (Wildman–Crippen LogP) is 4.29. The molecule has 1 saturated carbocycles. The van der Waals surface area contributed by atoms with Crippen molar-refractivity contribution in [2.24, 2.45) is 0 Å². The molecular formula is C22H26N4O3S. The minimum atomic E-state index is -3.87. The molecule has 2 aliphatic rings. The molecule has 0 saturated heterocycles. The van der Waals surface area contributed by atoms with Crippen LogP contribution in [0.4, 0.5) is 21.9 Å². The molecule has 1 aliphatic heterocycles. The van der Waals surface area contributed by atoms with Gasteiger partial charge in [-0.3, -0.25) is 10.3 Å². The van der Waals surface area contributed by atoms with E-state index in [9.17, 15) is 13.2 Å². The van der Waals surface area contributed by atoms with Crippen LogP contribution in [0.2, 0.25) is 0 Å². The number of nitrogens with two attached hydrogens (primary N) is 1. The van der Waals surface area contributed by atoms with Crippen molar-refractivity contribution in [3.05, 3.63) is 59.2 Å². The Labute approximate surface area is 177 Å². The predicted molar refractivity (Wildman–Crippen MR) is 119 cm³/mol. The second kappa shape index (κ2) is 7.68. The van der Waals surface area contributed by atoms with Crippen molar-refractivity contribution in [2.45, 2.75) is 39.0 Å². The van der Waals surface area contributed by atoms with Gasteiger partial charge in [-0.05, 0) is 74.1 Å². The number of carbonyl (C=O) groups is 1. The number of nitrogens with zero attached hydrogens (tertiary/aromatic N) is 2. The molecule has 1 fully saturated rings. The Hall–Kier alpha value is -3.00. The van der Waals surface area contributed by atoms with E-state index in [1.54, 1.807) is 24.3 Å². The highest BCUT2D eigenvalue weighted by molar-refractivity contribution is 7.88. The van der Waals surface area contributed by atoms with E-state index in [1.165, 1.54) is 4.90 Å². The Kier molecular flexibility index (Phi) is 5.19. The van der Waals surface area contributed by atoms with Gasteiger partial charge in [0.25, 0.3) is 10.0 Å². The Morgan fingerprint density at radius 3 is 2.30 bits per heavy atom. The largest absolute Gasteiger partial charge is 0.399 e. The molecule has 0 bridgehead atoms. The van der Waals surface area contributed by atoms with Crippen molar-refractivity contribution in [3.63, 3.8) is 0 Å². The molecule has 0 aromatic heterocycles. The van der Waals surface area contributed by atoms with Crippen LogP contribution in [0.5, 0.6) is 0 Å². The van der Waals surface area contributed by atoms with Gasteiger partial charge in [-0.1, -0.05) is 18.6 Å². The van der Waals surface area contributed by atoms with Crippen LogP contribution in [0, 0.1) is 6.92 Å². The van der Waals surface area contributed by atoms with Crippen LogP contribution < -0.4 is 16.1 Å². The maximum atomic E-state index is 13.5. The van der Waals surface area contributed by atoms with Gasteiger partial charge in [0.05, 0.1) is 23.3 Å². The lowest BCUT2D eigenvalue weighted by atomic mass is 9.90. The van der Waals surface area contributed by atoms with E-state index in [0.717, 1.165) is 59.5 Å². The molecule has 3 N–H and O–H groups in total. The summed E-state index contributed by atoms with van der Waals surface area (Å²) in [6.45, 7) is 1.95. The Bertz CT molecular complexity index is 1120. The molecule has 0 radical (unpaired) electrons. The molecule has 8 heteroatoms. The molecule has 1 heterocycles. The lowest BCUT2D eigenvalue weighted by Crippen LogP contribution is -2.49. The number of allylic oxidation sites excluding steroid dienone is 1. The topological polar surface area (TPSA) is 95.7 Å². The number of sulfonamides is 1. The molecule has 158 valence electrons. The number of hydrogen-bond acceptors (Lipinski definition) is 5. The summed E-state index contributed by atoms with van der Waals surface area (Å²) >= 11 is 0. The van der Waals surface area contributed by atoms with Crippen molar-refractivity contribution < 1.29 is 13.2 Å². The zero-order valence-corrected chi connectivity index (χ0v) is 18.0. The summed E-state index contributed by atoms with van der Waals surface area (Å²) < 4.78 is 25.9. The van der Waals surface area contributed by atoms with Gasteiger partial charge in [-0.25, -0.2) is 13.2 Å². The average molecular weight is 427 g/mol. The van der Waals surface area contributed by atoms with E-state index < -0.39 is 16.1 Å². The number of fused-ring (bicyclic) bond motifs is 1. The first-order valence-corrected chi connectivity index (χ1v) is 11.9. The Balaban J connectivity index is 2.00. The number of urea groups is 1. The minimum Gasteiger partial charge on any atom is -0.399 e. The summed E-state index contributed by atoms with van der Waals surface area (Å²) in [6, 6.07) is 12.0. The summed E-state index contributed by atoms with van der Waals surface area (Å²) in [5, 5.41) is 0. The number of aryl methyl sites for hydroxylation is 1. The first kappa shape index (κ1) is 20.3. The van der Waals surface area contributed by atoms with Crippen LogP contribution in [0.1, 0.15) is 43.2 Å². The van der Waals surface area contributed by atoms with E-state index in [2.05, 4.69) is 5.43 Å². The molecular weight excluding hydrogens is 400 g/mol. The first-order chi connectivity index (χ1) is 14.3. The molecule has 0 spiro atoms. The number of benzene rings is 2. The van der Waals surface area contributed by atoms with Crippen LogP contribution >= 0.6 is 0 Å². The number of rotatable bonds is 2. The fourth-order valence-corrected chi connectivity index (χ4v) is 4.66. The number of carbonyl (C=O) groups excluding carboxylic acids is 1. The monoisotopic (exact) mass is 426 g/mol. The highest BCUT2D eigenvalue weighted by Crippen LogP contribution is 2.40. The summed E-state index contributed by atoms with van der Waals surface area (Å²) in [7, 11) is -3.87. The van der Waals surface area contributed by atoms with Crippen molar-refractivity contribution in [1.29, 1.82) is 0 Å². The standard InChI is InChI=1S/C22H26N4O3S/c1-15-8-13-19-20(14-15)25(18-11-9-17(23)10-12-18)22(27)26(30(2,28)29)24-21(19)16-6-4-3-5-7-16/h8-14,24H,3-7,23H2,1-2H3. The van der Waals surface area contributed by atoms with Gasteiger partial charge >= 0.3 is 6.03 Å². The van der Waals surface area contributed by atoms with Crippen LogP contribution in [-0.2, 0) is 10.0 Å². The number of hydrogen-bond donors (Lipinski definition) is 2. The maximum Gasteiger partial charge on any atom is 0.362 e. The summed E-state index contributed by atoms with van der Waals surface area (Å²) in [4.78, 5) is 15.0. The van der Waals surface area contributed by atoms with Gasteiger partial charge in [-0.15, -0.1) is 4.41 Å². The molecule has 4 rings (SSSR count). The SMILES string of the molecule is Cc1ccc2c(c1)N(c1ccc(N)cc1)C(=O)N(S(C)(=O)=O)NC2=C1CCCCC1. The smallest absolute Gasteiger partial charge is 0.362 e. The van der Waals surface area contributed by atoms with Gasteiger partial charge in [0.2, 0.25) is 0 Å². The second-order valence-electron chi connectivity index (χ2n) is 7.91. The summed E-state index contributed by atoms with van der Waals surface area (Å²) in [5.74, 6) is 0. The van der Waals surface area contributed by atoms with Crippen LogP contribution in [0.3, 0.4) is 0 Å². The minimum absolute atomic E-state index is 0.548. The third-order valence-corrected chi connectivity index (χ3v) is 6.45. The number of nitrogen functional groups attached to an aromatic ring is 1. The van der Waals surface area contributed by atoms with Crippen LogP contribution in [0.25, 0.3) is 5.70 Å². The zero-order chi connectivity index (χ0) is 21.5. The molecule has 30 heavy (non-hydrogen) atoms. The normalized spacial score (nSPS) is 17.5. The molecule has 0 unspecified atom stereocenters. The van der Waals surface area contributed by atoms with Crippen molar-refractivity contribution >= 4 is 38.8 Å². The van der Waals surface area contributed by atoms with Gasteiger partial charge in [0.1, 0.15) is 0 Å². The van der Waals surface area contributed by atoms with Gasteiger partial charge in [0.15, 0.2) is 0 Å². The fourth-order valence-electron chi connectivity index (χ4n) is 4.04. The van der Waals surface area contributed by atoms with Gasteiger partial charge in [-0.2, -0.15) is 0 Å². The zero-order valence-electron chi connectivity index (χ0n) is 17.2. The Morgan fingerprint density at radius 1 is 1.00 bits per heavy atom. The van der Waals surface area contributed by atoms with Crippen LogP contribution in [-0.4, -0.2) is 25.1 Å². The third-order valence-electron chi connectivity index (χ3n) is 5.54. The van der Waals surface area contributed by atoms with E-state index in [0.29, 0.717) is 22.8 Å². The highest BCUT2D eigenvalue weighted by Gasteiger charge is 2.37. The third kappa shape index (κ3) is 3.75. The Morgan fingerprint density at radius 2 is 1.67 bits per heavy atom. The number of amides is 2.